The van der Waals surface area contributed by atoms with Crippen molar-refractivity contribution in [2.24, 2.45) is 0 Å². The third kappa shape index (κ3) is 4.14. The minimum Gasteiger partial charge on any atom is -0.478 e. The van der Waals surface area contributed by atoms with Crippen molar-refractivity contribution in [2.45, 2.75) is 20.0 Å². The maximum absolute atomic E-state index is 10.6. The fourth-order valence-electron chi connectivity index (χ4n) is 1.12. The van der Waals surface area contributed by atoms with Crippen LogP contribution < -0.4 is 10.1 Å². The van der Waals surface area contributed by atoms with Crippen LogP contribution >= 0.6 is 0 Å². The highest BCUT2D eigenvalue weighted by Crippen LogP contribution is 2.21. The predicted octanol–water partition coefficient (Wildman–Crippen LogP) is 1.92. The van der Waals surface area contributed by atoms with Crippen molar-refractivity contribution in [3.05, 3.63) is 30.5 Å². The van der Waals surface area contributed by atoms with Crippen LogP contribution in [-0.2, 0) is 4.79 Å². The summed E-state index contributed by atoms with van der Waals surface area (Å²) >= 11 is 0. The molecule has 0 saturated heterocycles. The van der Waals surface area contributed by atoms with E-state index in [2.05, 4.69) is 16.9 Å². The van der Waals surface area contributed by atoms with Crippen molar-refractivity contribution in [3.8, 4) is 5.88 Å². The second kappa shape index (κ2) is 5.89. The lowest BCUT2D eigenvalue weighted by Gasteiger charge is -2.13. The van der Waals surface area contributed by atoms with E-state index in [0.29, 0.717) is 11.6 Å². The average Bonchev–Trinajstić information content (AvgIpc) is 2.26. The molecule has 5 heteroatoms. The van der Waals surface area contributed by atoms with E-state index in [-0.39, 0.29) is 18.2 Å². The molecule has 0 saturated carbocycles. The molecule has 0 aliphatic carbocycles. The number of carbonyl (C=O) groups is 1. The largest absolute Gasteiger partial charge is 0.478 e. The van der Waals surface area contributed by atoms with E-state index in [1.54, 1.807) is 18.3 Å². The van der Waals surface area contributed by atoms with Crippen LogP contribution in [0, 0.1) is 0 Å². The summed E-state index contributed by atoms with van der Waals surface area (Å²) in [5.74, 6) is -0.562. The number of ether oxygens (including phenoxy) is 1. The van der Waals surface area contributed by atoms with Gasteiger partial charge in [-0.25, -0.2) is 9.78 Å². The Labute approximate surface area is 100 Å². The molecule has 0 atom stereocenters. The molecule has 17 heavy (non-hydrogen) atoms. The van der Waals surface area contributed by atoms with Crippen molar-refractivity contribution >= 4 is 11.7 Å². The van der Waals surface area contributed by atoms with Crippen LogP contribution in [0.1, 0.15) is 13.8 Å². The Morgan fingerprint density at radius 2 is 2.35 bits per heavy atom. The molecule has 0 aliphatic heterocycles. The first-order valence-corrected chi connectivity index (χ1v) is 5.27. The van der Waals surface area contributed by atoms with Crippen LogP contribution in [0.3, 0.4) is 0 Å². The molecule has 1 heterocycles. The highest BCUT2D eigenvalue weighted by atomic mass is 16.5. The molecular formula is C12H16N2O3. The highest BCUT2D eigenvalue weighted by Gasteiger charge is 2.08. The topological polar surface area (TPSA) is 71.5 Å². The molecule has 1 rings (SSSR count). The number of nitrogens with one attached hydrogen (secondary N) is 1. The van der Waals surface area contributed by atoms with Gasteiger partial charge in [-0.2, -0.15) is 0 Å². The van der Waals surface area contributed by atoms with Gasteiger partial charge >= 0.3 is 5.97 Å². The molecule has 5 nitrogen and oxygen atoms in total. The summed E-state index contributed by atoms with van der Waals surface area (Å²) in [5, 5.41) is 11.6. The number of hydrogen-bond acceptors (Lipinski definition) is 4. The first-order valence-electron chi connectivity index (χ1n) is 5.27. The maximum Gasteiger partial charge on any atom is 0.332 e. The Morgan fingerprint density at radius 1 is 1.65 bits per heavy atom. The van der Waals surface area contributed by atoms with Gasteiger partial charge in [0.2, 0.25) is 5.88 Å². The van der Waals surface area contributed by atoms with E-state index in [1.165, 1.54) is 0 Å². The van der Waals surface area contributed by atoms with Crippen LogP contribution in [0.4, 0.5) is 5.69 Å². The minimum atomic E-state index is -1.02. The van der Waals surface area contributed by atoms with Gasteiger partial charge < -0.3 is 15.2 Å². The van der Waals surface area contributed by atoms with Gasteiger partial charge in [0.25, 0.3) is 0 Å². The Hall–Kier alpha value is -2.04. The molecule has 0 radical (unpaired) electrons. The van der Waals surface area contributed by atoms with Gasteiger partial charge in [0.1, 0.15) is 0 Å². The fourth-order valence-corrected chi connectivity index (χ4v) is 1.12. The first kappa shape index (κ1) is 13.0. The molecule has 0 bridgehead atoms. The summed E-state index contributed by atoms with van der Waals surface area (Å²) in [6, 6.07) is 3.53. The number of aromatic nitrogens is 1. The Morgan fingerprint density at radius 3 is 2.94 bits per heavy atom. The second-order valence-electron chi connectivity index (χ2n) is 3.78. The van der Waals surface area contributed by atoms with Crippen LogP contribution in [-0.4, -0.2) is 28.7 Å². The number of nitrogens with zero attached hydrogens (tertiary/aromatic N) is 1. The Kier molecular flexibility index (Phi) is 4.51. The lowest BCUT2D eigenvalue weighted by Crippen LogP contribution is -2.14. The summed E-state index contributed by atoms with van der Waals surface area (Å²) in [7, 11) is 0. The van der Waals surface area contributed by atoms with Crippen molar-refractivity contribution in [1.82, 2.24) is 4.98 Å². The fraction of sp³-hybridized carbons (Fsp3) is 0.333. The first-order chi connectivity index (χ1) is 8.00. The third-order valence-corrected chi connectivity index (χ3v) is 1.91. The van der Waals surface area contributed by atoms with Gasteiger partial charge in [-0.3, -0.25) is 0 Å². The van der Waals surface area contributed by atoms with Crippen LogP contribution in [0.2, 0.25) is 0 Å². The van der Waals surface area contributed by atoms with Crippen LogP contribution in [0.5, 0.6) is 5.88 Å². The van der Waals surface area contributed by atoms with Crippen LogP contribution in [0.15, 0.2) is 30.5 Å². The molecular weight excluding hydrogens is 220 g/mol. The van der Waals surface area contributed by atoms with E-state index < -0.39 is 5.97 Å². The van der Waals surface area contributed by atoms with Gasteiger partial charge in [-0.1, -0.05) is 6.58 Å². The molecule has 2 N–H and O–H groups in total. The third-order valence-electron chi connectivity index (χ3n) is 1.91. The summed E-state index contributed by atoms with van der Waals surface area (Å²) in [6.07, 6.45) is 1.63. The normalized spacial score (nSPS) is 10.1. The molecule has 0 spiro atoms. The van der Waals surface area contributed by atoms with Gasteiger partial charge in [-0.15, -0.1) is 0 Å². The second-order valence-corrected chi connectivity index (χ2v) is 3.78. The molecule has 0 aromatic carbocycles. The molecule has 0 amide bonds. The molecule has 0 unspecified atom stereocenters. The molecule has 92 valence electrons. The van der Waals surface area contributed by atoms with Gasteiger partial charge in [0, 0.05) is 18.3 Å². The van der Waals surface area contributed by atoms with Crippen molar-refractivity contribution < 1.29 is 14.6 Å². The lowest BCUT2D eigenvalue weighted by atomic mass is 10.3. The number of aliphatic carboxylic acids is 1. The summed E-state index contributed by atoms with van der Waals surface area (Å²) in [6.45, 7) is 7.38. The zero-order valence-electron chi connectivity index (χ0n) is 9.93. The number of pyridine rings is 1. The monoisotopic (exact) mass is 236 g/mol. The van der Waals surface area contributed by atoms with E-state index in [0.717, 1.165) is 0 Å². The lowest BCUT2D eigenvalue weighted by molar-refractivity contribution is -0.132. The van der Waals surface area contributed by atoms with E-state index in [1.807, 2.05) is 13.8 Å². The number of rotatable bonds is 6. The highest BCUT2D eigenvalue weighted by molar-refractivity contribution is 5.86. The summed E-state index contributed by atoms with van der Waals surface area (Å²) in [5.41, 5.74) is 0.743. The molecule has 0 fully saturated rings. The number of anilines is 1. The van der Waals surface area contributed by atoms with E-state index in [4.69, 9.17) is 9.84 Å². The SMILES string of the molecule is C=C(CNc1cccnc1OC(C)C)C(=O)O. The van der Waals surface area contributed by atoms with Gasteiger partial charge in [0.15, 0.2) is 0 Å². The summed E-state index contributed by atoms with van der Waals surface area (Å²) in [4.78, 5) is 14.7. The maximum atomic E-state index is 10.6. The van der Waals surface area contributed by atoms with Crippen molar-refractivity contribution in [1.29, 1.82) is 0 Å². The average molecular weight is 236 g/mol. The quantitative estimate of drug-likeness (QED) is 0.738. The Bertz CT molecular complexity index is 416. The standard InChI is InChI=1S/C12H16N2O3/c1-8(2)17-11-10(5-4-6-13-11)14-7-9(3)12(15)16/h4-6,8,14H,3,7H2,1-2H3,(H,15,16). The minimum absolute atomic E-state index is 0.00752. The predicted molar refractivity (Wildman–Crippen MR) is 65.3 cm³/mol. The van der Waals surface area contributed by atoms with Crippen molar-refractivity contribution in [2.75, 3.05) is 11.9 Å². The van der Waals surface area contributed by atoms with Gasteiger partial charge in [-0.05, 0) is 26.0 Å². The molecule has 1 aromatic heterocycles. The van der Waals surface area contributed by atoms with Crippen LogP contribution in [0.25, 0.3) is 0 Å². The number of carboxylic acid groups (broad SMARTS) is 1. The molecule has 1 aromatic rings. The van der Waals surface area contributed by atoms with Crippen molar-refractivity contribution in [3.63, 3.8) is 0 Å². The zero-order chi connectivity index (χ0) is 12.8. The van der Waals surface area contributed by atoms with E-state index >= 15 is 0 Å². The van der Waals surface area contributed by atoms with E-state index in [9.17, 15) is 4.79 Å². The smallest absolute Gasteiger partial charge is 0.332 e. The molecule has 0 aliphatic rings. The zero-order valence-corrected chi connectivity index (χ0v) is 9.93. The number of hydrogen-bond donors (Lipinski definition) is 2. The van der Waals surface area contributed by atoms with Gasteiger partial charge in [0.05, 0.1) is 11.8 Å². The number of carboxylic acids is 1. The summed E-state index contributed by atoms with van der Waals surface area (Å²) < 4.78 is 5.49. The Balaban J connectivity index is 2.70.